The van der Waals surface area contributed by atoms with Gasteiger partial charge in [0.05, 0.1) is 0 Å². The van der Waals surface area contributed by atoms with Gasteiger partial charge in [0, 0.05) is 5.92 Å². The normalized spacial score (nSPS) is 27.2. The van der Waals surface area contributed by atoms with E-state index in [1.165, 1.54) is 18.4 Å². The lowest BCUT2D eigenvalue weighted by atomic mass is 9.92. The van der Waals surface area contributed by atoms with Gasteiger partial charge in [-0.2, -0.15) is 0 Å². The summed E-state index contributed by atoms with van der Waals surface area (Å²) < 4.78 is 0. The Morgan fingerprint density at radius 3 is 3.00 bits per heavy atom. The monoisotopic (exact) mass is 124 g/mol. The lowest BCUT2D eigenvalue weighted by Gasteiger charge is -2.12. The van der Waals surface area contributed by atoms with E-state index in [2.05, 4.69) is 13.0 Å². The van der Waals surface area contributed by atoms with E-state index in [0.717, 1.165) is 12.7 Å². The third-order valence-electron chi connectivity index (χ3n) is 1.78. The van der Waals surface area contributed by atoms with Gasteiger partial charge in [-0.3, -0.25) is 0 Å². The van der Waals surface area contributed by atoms with Crippen LogP contribution < -0.4 is 0 Å². The highest BCUT2D eigenvalue weighted by molar-refractivity contribution is 5.57. The van der Waals surface area contributed by atoms with Crippen LogP contribution in [-0.2, 0) is 4.79 Å². The van der Waals surface area contributed by atoms with Crippen molar-refractivity contribution in [3.8, 4) is 0 Å². The van der Waals surface area contributed by atoms with Crippen molar-refractivity contribution in [1.82, 2.24) is 0 Å². The molecule has 0 spiro atoms. The van der Waals surface area contributed by atoms with Gasteiger partial charge in [0.2, 0.25) is 0 Å². The average molecular weight is 124 g/mol. The van der Waals surface area contributed by atoms with Crippen LogP contribution in [0.25, 0.3) is 0 Å². The molecule has 1 heteroatoms. The highest BCUT2D eigenvalue weighted by atomic mass is 16.1. The first kappa shape index (κ1) is 6.53. The maximum absolute atomic E-state index is 10.3. The van der Waals surface area contributed by atoms with E-state index in [1.807, 2.05) is 0 Å². The summed E-state index contributed by atoms with van der Waals surface area (Å²) >= 11 is 0. The van der Waals surface area contributed by atoms with E-state index in [-0.39, 0.29) is 5.92 Å². The molecule has 0 aromatic heterocycles. The summed E-state index contributed by atoms with van der Waals surface area (Å²) in [5.41, 5.74) is 1.37. The average Bonchev–Trinajstić information content (AvgIpc) is 1.88. The summed E-state index contributed by atoms with van der Waals surface area (Å²) in [6, 6.07) is 0. The summed E-state index contributed by atoms with van der Waals surface area (Å²) in [6.07, 6.45) is 6.55. The quantitative estimate of drug-likeness (QED) is 0.385. The Bertz CT molecular complexity index is 136. The second kappa shape index (κ2) is 2.81. The SMILES string of the molecule is CC1=CC(C=O)CCC1. The molecule has 1 rings (SSSR count). The standard InChI is InChI=1S/C8H12O/c1-7-3-2-4-8(5-7)6-9/h5-6,8H,2-4H2,1H3. The van der Waals surface area contributed by atoms with E-state index < -0.39 is 0 Å². The van der Waals surface area contributed by atoms with Gasteiger partial charge in [-0.25, -0.2) is 0 Å². The fraction of sp³-hybridized carbons (Fsp3) is 0.625. The van der Waals surface area contributed by atoms with Crippen molar-refractivity contribution in [3.63, 3.8) is 0 Å². The van der Waals surface area contributed by atoms with E-state index in [0.29, 0.717) is 0 Å². The van der Waals surface area contributed by atoms with Gasteiger partial charge in [-0.1, -0.05) is 11.6 Å². The van der Waals surface area contributed by atoms with Crippen molar-refractivity contribution < 1.29 is 4.79 Å². The molecule has 1 atom stereocenters. The number of aldehydes is 1. The van der Waals surface area contributed by atoms with Crippen LogP contribution in [-0.4, -0.2) is 6.29 Å². The molecule has 0 fully saturated rings. The maximum atomic E-state index is 10.3. The molecule has 1 aliphatic carbocycles. The van der Waals surface area contributed by atoms with Gasteiger partial charge in [0.25, 0.3) is 0 Å². The van der Waals surface area contributed by atoms with E-state index in [4.69, 9.17) is 0 Å². The lowest BCUT2D eigenvalue weighted by Crippen LogP contribution is -2.03. The van der Waals surface area contributed by atoms with Gasteiger partial charge < -0.3 is 4.79 Å². The Kier molecular flexibility index (Phi) is 2.04. The molecule has 1 unspecified atom stereocenters. The molecule has 0 aliphatic heterocycles. The number of hydrogen-bond donors (Lipinski definition) is 0. The van der Waals surface area contributed by atoms with Gasteiger partial charge >= 0.3 is 0 Å². The zero-order chi connectivity index (χ0) is 6.69. The Labute approximate surface area is 55.8 Å². The summed E-state index contributed by atoms with van der Waals surface area (Å²) in [7, 11) is 0. The number of hydrogen-bond acceptors (Lipinski definition) is 1. The second-order valence-corrected chi connectivity index (χ2v) is 2.71. The predicted octanol–water partition coefficient (Wildman–Crippen LogP) is 1.93. The number of carbonyl (C=O) groups excluding carboxylic acids is 1. The van der Waals surface area contributed by atoms with Gasteiger partial charge in [-0.05, 0) is 26.2 Å². The summed E-state index contributed by atoms with van der Waals surface area (Å²) in [5, 5.41) is 0. The van der Waals surface area contributed by atoms with E-state index in [9.17, 15) is 4.79 Å². The molecule has 50 valence electrons. The Morgan fingerprint density at radius 1 is 1.78 bits per heavy atom. The molecular formula is C8H12O. The van der Waals surface area contributed by atoms with Crippen molar-refractivity contribution in [2.45, 2.75) is 26.2 Å². The van der Waals surface area contributed by atoms with Gasteiger partial charge in [-0.15, -0.1) is 0 Å². The highest BCUT2D eigenvalue weighted by Gasteiger charge is 2.08. The van der Waals surface area contributed by atoms with Crippen LogP contribution in [0, 0.1) is 5.92 Å². The number of allylic oxidation sites excluding steroid dienone is 2. The minimum Gasteiger partial charge on any atom is -0.303 e. The Hall–Kier alpha value is -0.590. The van der Waals surface area contributed by atoms with E-state index in [1.54, 1.807) is 0 Å². The molecular weight excluding hydrogens is 112 g/mol. The minimum absolute atomic E-state index is 0.221. The van der Waals surface area contributed by atoms with Crippen LogP contribution in [0.3, 0.4) is 0 Å². The van der Waals surface area contributed by atoms with Crippen LogP contribution >= 0.6 is 0 Å². The summed E-state index contributed by atoms with van der Waals surface area (Å²) in [4.78, 5) is 10.3. The molecule has 0 radical (unpaired) electrons. The van der Waals surface area contributed by atoms with Crippen LogP contribution in [0.5, 0.6) is 0 Å². The first-order valence-electron chi connectivity index (χ1n) is 3.45. The fourth-order valence-electron chi connectivity index (χ4n) is 1.26. The van der Waals surface area contributed by atoms with Crippen LogP contribution in [0.2, 0.25) is 0 Å². The van der Waals surface area contributed by atoms with E-state index >= 15 is 0 Å². The van der Waals surface area contributed by atoms with Crippen molar-refractivity contribution >= 4 is 6.29 Å². The summed E-state index contributed by atoms with van der Waals surface area (Å²) in [5.74, 6) is 0.221. The lowest BCUT2D eigenvalue weighted by molar-refractivity contribution is -0.110. The molecule has 0 saturated heterocycles. The number of rotatable bonds is 1. The zero-order valence-corrected chi connectivity index (χ0v) is 5.76. The summed E-state index contributed by atoms with van der Waals surface area (Å²) in [6.45, 7) is 2.09. The molecule has 0 N–H and O–H groups in total. The highest BCUT2D eigenvalue weighted by Crippen LogP contribution is 2.20. The molecule has 1 nitrogen and oxygen atoms in total. The molecule has 0 aromatic rings. The number of carbonyl (C=O) groups is 1. The topological polar surface area (TPSA) is 17.1 Å². The maximum Gasteiger partial charge on any atom is 0.126 e. The van der Waals surface area contributed by atoms with Crippen LogP contribution in [0.1, 0.15) is 26.2 Å². The molecule has 1 aliphatic rings. The molecule has 0 heterocycles. The van der Waals surface area contributed by atoms with Crippen LogP contribution in [0.4, 0.5) is 0 Å². The fourth-order valence-corrected chi connectivity index (χ4v) is 1.26. The third-order valence-corrected chi connectivity index (χ3v) is 1.78. The largest absolute Gasteiger partial charge is 0.303 e. The Balaban J connectivity index is 2.56. The first-order valence-corrected chi connectivity index (χ1v) is 3.45. The Morgan fingerprint density at radius 2 is 2.56 bits per heavy atom. The molecule has 0 amide bonds. The molecule has 9 heavy (non-hydrogen) atoms. The zero-order valence-electron chi connectivity index (χ0n) is 5.76. The van der Waals surface area contributed by atoms with Crippen molar-refractivity contribution in [2.75, 3.05) is 0 Å². The first-order chi connectivity index (χ1) is 4.33. The second-order valence-electron chi connectivity index (χ2n) is 2.71. The van der Waals surface area contributed by atoms with Crippen molar-refractivity contribution in [1.29, 1.82) is 0 Å². The van der Waals surface area contributed by atoms with Crippen molar-refractivity contribution in [3.05, 3.63) is 11.6 Å². The third kappa shape index (κ3) is 1.67. The minimum atomic E-state index is 0.221. The van der Waals surface area contributed by atoms with Crippen molar-refractivity contribution in [2.24, 2.45) is 5.92 Å². The van der Waals surface area contributed by atoms with Gasteiger partial charge in [0.1, 0.15) is 6.29 Å². The molecule has 0 bridgehead atoms. The van der Waals surface area contributed by atoms with Crippen LogP contribution in [0.15, 0.2) is 11.6 Å². The van der Waals surface area contributed by atoms with Gasteiger partial charge in [0.15, 0.2) is 0 Å². The predicted molar refractivity (Wildman–Crippen MR) is 37.2 cm³/mol. The smallest absolute Gasteiger partial charge is 0.126 e. The molecule has 0 aromatic carbocycles. The molecule has 0 saturated carbocycles.